The number of thiophene rings is 1. The molecule has 0 fully saturated rings. The molecule has 21 heavy (non-hydrogen) atoms. The number of benzene rings is 1. The highest BCUT2D eigenvalue weighted by Crippen LogP contribution is 2.16. The minimum atomic E-state index is -0.0980. The number of rotatable bonds is 4. The number of nitrogens with one attached hydrogen (secondary N) is 1. The summed E-state index contributed by atoms with van der Waals surface area (Å²) in [6.45, 7) is 2.55. The molecule has 0 saturated carbocycles. The Bertz CT molecular complexity index is 732. The van der Waals surface area contributed by atoms with Gasteiger partial charge < -0.3 is 5.32 Å². The van der Waals surface area contributed by atoms with Crippen molar-refractivity contribution in [1.82, 2.24) is 9.78 Å². The Kier molecular flexibility index (Phi) is 3.83. The molecule has 0 radical (unpaired) electrons. The van der Waals surface area contributed by atoms with Crippen LogP contribution in [0, 0.1) is 6.92 Å². The van der Waals surface area contributed by atoms with Crippen LogP contribution in [0.5, 0.6) is 0 Å². The molecule has 1 N–H and O–H groups in total. The standard InChI is InChI=1S/C16H15N3OS/c1-12-10-15(17-16(20)14-8-5-9-21-14)19(18-12)11-13-6-3-2-4-7-13/h2-10H,11H2,1H3,(H,17,20). The van der Waals surface area contributed by atoms with Gasteiger partial charge in [-0.25, -0.2) is 4.68 Å². The molecule has 3 aromatic rings. The first-order chi connectivity index (χ1) is 10.2. The molecule has 0 aliphatic heterocycles. The molecular formula is C16H15N3OS. The van der Waals surface area contributed by atoms with Gasteiger partial charge in [-0.15, -0.1) is 11.3 Å². The van der Waals surface area contributed by atoms with E-state index in [1.165, 1.54) is 11.3 Å². The van der Waals surface area contributed by atoms with E-state index in [2.05, 4.69) is 10.4 Å². The summed E-state index contributed by atoms with van der Waals surface area (Å²) >= 11 is 1.43. The van der Waals surface area contributed by atoms with E-state index in [4.69, 9.17) is 0 Å². The van der Waals surface area contributed by atoms with Gasteiger partial charge in [-0.05, 0) is 23.9 Å². The zero-order valence-corrected chi connectivity index (χ0v) is 12.4. The lowest BCUT2D eigenvalue weighted by Gasteiger charge is -2.08. The van der Waals surface area contributed by atoms with Gasteiger partial charge in [-0.1, -0.05) is 36.4 Å². The molecule has 106 valence electrons. The van der Waals surface area contributed by atoms with Crippen molar-refractivity contribution in [1.29, 1.82) is 0 Å². The molecular weight excluding hydrogens is 282 g/mol. The smallest absolute Gasteiger partial charge is 0.266 e. The number of aromatic nitrogens is 2. The highest BCUT2D eigenvalue weighted by molar-refractivity contribution is 7.12. The van der Waals surface area contributed by atoms with Crippen LogP contribution in [-0.4, -0.2) is 15.7 Å². The molecule has 0 aliphatic rings. The van der Waals surface area contributed by atoms with Crippen molar-refractivity contribution in [3.05, 3.63) is 70.0 Å². The largest absolute Gasteiger partial charge is 0.306 e. The van der Waals surface area contributed by atoms with E-state index in [1.807, 2.05) is 65.5 Å². The van der Waals surface area contributed by atoms with Gasteiger partial charge in [0.25, 0.3) is 5.91 Å². The normalized spacial score (nSPS) is 10.5. The number of carbonyl (C=O) groups excluding carboxylic acids is 1. The van der Waals surface area contributed by atoms with E-state index in [1.54, 1.807) is 0 Å². The predicted molar refractivity (Wildman–Crippen MR) is 84.8 cm³/mol. The first kappa shape index (κ1) is 13.6. The summed E-state index contributed by atoms with van der Waals surface area (Å²) < 4.78 is 1.82. The van der Waals surface area contributed by atoms with Crippen LogP contribution in [0.4, 0.5) is 5.82 Å². The Morgan fingerprint density at radius 3 is 2.76 bits per heavy atom. The van der Waals surface area contributed by atoms with Gasteiger partial charge in [0.15, 0.2) is 0 Å². The second-order valence-electron chi connectivity index (χ2n) is 4.75. The van der Waals surface area contributed by atoms with E-state index >= 15 is 0 Å². The van der Waals surface area contributed by atoms with Crippen molar-refractivity contribution in [2.75, 3.05) is 5.32 Å². The van der Waals surface area contributed by atoms with Crippen molar-refractivity contribution in [3.63, 3.8) is 0 Å². The molecule has 0 atom stereocenters. The number of carbonyl (C=O) groups is 1. The number of nitrogens with zero attached hydrogens (tertiary/aromatic N) is 2. The minimum absolute atomic E-state index is 0.0980. The Morgan fingerprint density at radius 2 is 2.05 bits per heavy atom. The first-order valence-corrected chi connectivity index (χ1v) is 7.53. The van der Waals surface area contributed by atoms with Gasteiger partial charge in [0.1, 0.15) is 5.82 Å². The summed E-state index contributed by atoms with van der Waals surface area (Å²) in [7, 11) is 0. The number of aryl methyl sites for hydroxylation is 1. The average Bonchev–Trinajstić information content (AvgIpc) is 3.11. The average molecular weight is 297 g/mol. The van der Waals surface area contributed by atoms with Crippen molar-refractivity contribution in [3.8, 4) is 0 Å². The van der Waals surface area contributed by atoms with Crippen LogP contribution < -0.4 is 5.32 Å². The van der Waals surface area contributed by atoms with Gasteiger partial charge >= 0.3 is 0 Å². The Morgan fingerprint density at radius 1 is 1.24 bits per heavy atom. The first-order valence-electron chi connectivity index (χ1n) is 6.65. The summed E-state index contributed by atoms with van der Waals surface area (Å²) in [6.07, 6.45) is 0. The van der Waals surface area contributed by atoms with E-state index < -0.39 is 0 Å². The quantitative estimate of drug-likeness (QED) is 0.800. The minimum Gasteiger partial charge on any atom is -0.306 e. The van der Waals surface area contributed by atoms with E-state index in [9.17, 15) is 4.79 Å². The lowest BCUT2D eigenvalue weighted by molar-refractivity contribution is 0.102. The van der Waals surface area contributed by atoms with Gasteiger partial charge in [-0.3, -0.25) is 4.79 Å². The number of anilines is 1. The molecule has 5 heteroatoms. The maximum atomic E-state index is 12.1. The fourth-order valence-electron chi connectivity index (χ4n) is 2.11. The van der Waals surface area contributed by atoms with Gasteiger partial charge in [0.2, 0.25) is 0 Å². The molecule has 0 saturated heterocycles. The maximum Gasteiger partial charge on any atom is 0.266 e. The molecule has 0 bridgehead atoms. The molecule has 3 rings (SSSR count). The third-order valence-electron chi connectivity index (χ3n) is 3.06. The van der Waals surface area contributed by atoms with Crippen LogP contribution >= 0.6 is 11.3 Å². The monoisotopic (exact) mass is 297 g/mol. The van der Waals surface area contributed by atoms with Gasteiger partial charge in [0, 0.05) is 6.07 Å². The van der Waals surface area contributed by atoms with Crippen molar-refractivity contribution in [2.24, 2.45) is 0 Å². The van der Waals surface area contributed by atoms with Crippen LogP contribution in [-0.2, 0) is 6.54 Å². The highest BCUT2D eigenvalue weighted by atomic mass is 32.1. The maximum absolute atomic E-state index is 12.1. The molecule has 0 spiro atoms. The summed E-state index contributed by atoms with van der Waals surface area (Å²) in [4.78, 5) is 12.8. The summed E-state index contributed by atoms with van der Waals surface area (Å²) in [5.74, 6) is 0.619. The topological polar surface area (TPSA) is 46.9 Å². The molecule has 2 heterocycles. The Balaban J connectivity index is 1.81. The van der Waals surface area contributed by atoms with Crippen LogP contribution in [0.1, 0.15) is 20.9 Å². The van der Waals surface area contributed by atoms with Crippen molar-refractivity contribution >= 4 is 23.1 Å². The lowest BCUT2D eigenvalue weighted by Crippen LogP contribution is -2.15. The number of amides is 1. The third-order valence-corrected chi connectivity index (χ3v) is 3.93. The fraction of sp³-hybridized carbons (Fsp3) is 0.125. The molecule has 4 nitrogen and oxygen atoms in total. The summed E-state index contributed by atoms with van der Waals surface area (Å²) in [6, 6.07) is 15.6. The zero-order valence-electron chi connectivity index (χ0n) is 11.6. The SMILES string of the molecule is Cc1cc(NC(=O)c2cccs2)n(Cc2ccccc2)n1. The molecule has 0 unspecified atom stereocenters. The molecule has 1 amide bonds. The Hall–Kier alpha value is -2.40. The van der Waals surface area contributed by atoms with Crippen molar-refractivity contribution < 1.29 is 4.79 Å². The van der Waals surface area contributed by atoms with Crippen LogP contribution in [0.3, 0.4) is 0 Å². The van der Waals surface area contributed by atoms with Gasteiger partial charge in [0.05, 0.1) is 17.1 Å². The number of hydrogen-bond acceptors (Lipinski definition) is 3. The molecule has 2 aromatic heterocycles. The predicted octanol–water partition coefficient (Wildman–Crippen LogP) is 3.55. The second-order valence-corrected chi connectivity index (χ2v) is 5.69. The van der Waals surface area contributed by atoms with Gasteiger partial charge in [-0.2, -0.15) is 5.10 Å². The second kappa shape index (κ2) is 5.93. The lowest BCUT2D eigenvalue weighted by atomic mass is 10.2. The summed E-state index contributed by atoms with van der Waals surface area (Å²) in [5, 5.41) is 9.26. The number of hydrogen-bond donors (Lipinski definition) is 1. The molecule has 1 aromatic carbocycles. The van der Waals surface area contributed by atoms with E-state index in [0.717, 1.165) is 17.1 Å². The molecule has 0 aliphatic carbocycles. The van der Waals surface area contributed by atoms with Crippen LogP contribution in [0.15, 0.2) is 53.9 Å². The van der Waals surface area contributed by atoms with Crippen molar-refractivity contribution in [2.45, 2.75) is 13.5 Å². The fourth-order valence-corrected chi connectivity index (χ4v) is 2.73. The van der Waals surface area contributed by atoms with E-state index in [0.29, 0.717) is 11.4 Å². The van der Waals surface area contributed by atoms with Crippen LogP contribution in [0.25, 0.3) is 0 Å². The van der Waals surface area contributed by atoms with Crippen LogP contribution in [0.2, 0.25) is 0 Å². The highest BCUT2D eigenvalue weighted by Gasteiger charge is 2.12. The van der Waals surface area contributed by atoms with E-state index in [-0.39, 0.29) is 5.91 Å². The summed E-state index contributed by atoms with van der Waals surface area (Å²) in [5.41, 5.74) is 2.03. The Labute approximate surface area is 127 Å². The zero-order chi connectivity index (χ0) is 14.7. The third kappa shape index (κ3) is 3.20.